The summed E-state index contributed by atoms with van der Waals surface area (Å²) >= 11 is 0. The number of esters is 1. The number of hydrogen-bond donors (Lipinski definition) is 0. The highest BCUT2D eigenvalue weighted by molar-refractivity contribution is 7.89. The predicted molar refractivity (Wildman–Crippen MR) is 93.7 cm³/mol. The Kier molecular flexibility index (Phi) is 4.96. The molecule has 7 heteroatoms. The van der Waals surface area contributed by atoms with E-state index in [2.05, 4.69) is 0 Å². The van der Waals surface area contributed by atoms with Crippen LogP contribution in [-0.4, -0.2) is 36.3 Å². The molecular weight excluding hydrogens is 340 g/mol. The summed E-state index contributed by atoms with van der Waals surface area (Å²) in [6.07, 6.45) is 3.21. The summed E-state index contributed by atoms with van der Waals surface area (Å²) in [6.45, 7) is 3.19. The van der Waals surface area contributed by atoms with Gasteiger partial charge in [0.25, 0.3) is 0 Å². The fraction of sp³-hybridized carbons (Fsp3) is 0.389. The first-order chi connectivity index (χ1) is 11.9. The number of hydrogen-bond acceptors (Lipinski definition) is 4. The third-order valence-electron chi connectivity index (χ3n) is 4.34. The van der Waals surface area contributed by atoms with Crippen molar-refractivity contribution in [3.8, 4) is 0 Å². The molecule has 1 aromatic heterocycles. The van der Waals surface area contributed by atoms with Crippen LogP contribution in [0.2, 0.25) is 0 Å². The fourth-order valence-electron chi connectivity index (χ4n) is 2.98. The summed E-state index contributed by atoms with van der Waals surface area (Å²) in [5.74, 6) is -0.535. The molecule has 6 nitrogen and oxygen atoms in total. The minimum Gasteiger partial charge on any atom is -0.456 e. The lowest BCUT2D eigenvalue weighted by molar-refractivity contribution is 0.0461. The maximum atomic E-state index is 12.6. The number of aryl methyl sites for hydroxylation is 2. The van der Waals surface area contributed by atoms with Gasteiger partial charge >= 0.3 is 5.97 Å². The Morgan fingerprint density at radius 3 is 2.60 bits per heavy atom. The molecule has 0 aliphatic carbocycles. The average molecular weight is 362 g/mol. The molecule has 3 rings (SSSR count). The molecule has 25 heavy (non-hydrogen) atoms. The number of benzene rings is 1. The molecule has 0 bridgehead atoms. The van der Waals surface area contributed by atoms with Gasteiger partial charge < -0.3 is 9.30 Å². The zero-order valence-corrected chi connectivity index (χ0v) is 15.3. The second-order valence-electron chi connectivity index (χ2n) is 6.35. The van der Waals surface area contributed by atoms with Crippen molar-refractivity contribution in [3.05, 3.63) is 53.3 Å². The lowest BCUT2D eigenvalue weighted by Crippen LogP contribution is -2.27. The van der Waals surface area contributed by atoms with Crippen molar-refractivity contribution in [3.63, 3.8) is 0 Å². The fourth-order valence-corrected chi connectivity index (χ4v) is 4.57. The Hall–Kier alpha value is -2.12. The summed E-state index contributed by atoms with van der Waals surface area (Å²) in [5.41, 5.74) is 2.21. The molecule has 0 N–H and O–H groups in total. The molecule has 0 amide bonds. The monoisotopic (exact) mass is 362 g/mol. The first-order valence-electron chi connectivity index (χ1n) is 8.27. The van der Waals surface area contributed by atoms with Crippen LogP contribution in [0.3, 0.4) is 0 Å². The number of nitrogens with zero attached hydrogens (tertiary/aromatic N) is 2. The molecule has 0 saturated carbocycles. The molecule has 0 spiro atoms. The highest BCUT2D eigenvalue weighted by Gasteiger charge is 2.29. The Morgan fingerprint density at radius 2 is 1.92 bits per heavy atom. The SMILES string of the molecule is Cc1cccc(COC(=O)c2cc(S(=O)(=O)N3CCCC3)cn2C)c1. The van der Waals surface area contributed by atoms with E-state index >= 15 is 0 Å². The molecule has 0 unspecified atom stereocenters. The van der Waals surface area contributed by atoms with Gasteiger partial charge in [0.1, 0.15) is 17.2 Å². The molecule has 1 aromatic carbocycles. The molecular formula is C18H22N2O4S. The highest BCUT2D eigenvalue weighted by Crippen LogP contribution is 2.23. The molecule has 2 aromatic rings. The molecule has 1 saturated heterocycles. The van der Waals surface area contributed by atoms with Crippen LogP contribution >= 0.6 is 0 Å². The summed E-state index contributed by atoms with van der Waals surface area (Å²) in [4.78, 5) is 12.5. The van der Waals surface area contributed by atoms with Gasteiger partial charge in [-0.2, -0.15) is 4.31 Å². The third-order valence-corrected chi connectivity index (χ3v) is 6.21. The van der Waals surface area contributed by atoms with Gasteiger partial charge in [-0.25, -0.2) is 13.2 Å². The molecule has 0 atom stereocenters. The number of aromatic nitrogens is 1. The first-order valence-corrected chi connectivity index (χ1v) is 9.71. The third kappa shape index (κ3) is 3.77. The summed E-state index contributed by atoms with van der Waals surface area (Å²) < 4.78 is 33.5. The summed E-state index contributed by atoms with van der Waals surface area (Å²) in [6, 6.07) is 9.10. The van der Waals surface area contributed by atoms with Crippen LogP contribution in [-0.2, 0) is 28.4 Å². The summed E-state index contributed by atoms with van der Waals surface area (Å²) in [5, 5.41) is 0. The maximum Gasteiger partial charge on any atom is 0.355 e. The largest absolute Gasteiger partial charge is 0.456 e. The van der Waals surface area contributed by atoms with E-state index < -0.39 is 16.0 Å². The number of carbonyl (C=O) groups is 1. The van der Waals surface area contributed by atoms with E-state index in [-0.39, 0.29) is 17.2 Å². The van der Waals surface area contributed by atoms with Crippen LogP contribution in [0.1, 0.15) is 34.5 Å². The standard InChI is InChI=1S/C18H22N2O4S/c1-14-6-5-7-15(10-14)13-24-18(21)17-11-16(12-19(17)2)25(22,23)20-8-3-4-9-20/h5-7,10-12H,3-4,8-9,13H2,1-2H3. The van der Waals surface area contributed by atoms with E-state index in [9.17, 15) is 13.2 Å². The minimum absolute atomic E-state index is 0.138. The minimum atomic E-state index is -3.54. The van der Waals surface area contributed by atoms with Crippen LogP contribution < -0.4 is 0 Å². The van der Waals surface area contributed by atoms with Crippen molar-refractivity contribution in [1.82, 2.24) is 8.87 Å². The molecule has 2 heterocycles. The van der Waals surface area contributed by atoms with E-state index in [0.29, 0.717) is 13.1 Å². The number of rotatable bonds is 5. The Morgan fingerprint density at radius 1 is 1.20 bits per heavy atom. The molecule has 1 fully saturated rings. The van der Waals surface area contributed by atoms with E-state index in [1.165, 1.54) is 21.1 Å². The number of ether oxygens (including phenoxy) is 1. The zero-order chi connectivity index (χ0) is 18.0. The van der Waals surface area contributed by atoms with Crippen LogP contribution in [0.25, 0.3) is 0 Å². The quantitative estimate of drug-likeness (QED) is 0.766. The molecule has 0 radical (unpaired) electrons. The van der Waals surface area contributed by atoms with Crippen LogP contribution in [0.4, 0.5) is 0 Å². The molecule has 134 valence electrons. The van der Waals surface area contributed by atoms with Gasteiger partial charge in [0.15, 0.2) is 0 Å². The topological polar surface area (TPSA) is 68.6 Å². The van der Waals surface area contributed by atoms with Crippen molar-refractivity contribution in [2.45, 2.75) is 31.3 Å². The Labute approximate surface area is 148 Å². The van der Waals surface area contributed by atoms with Crippen LogP contribution in [0.15, 0.2) is 41.4 Å². The smallest absolute Gasteiger partial charge is 0.355 e. The van der Waals surface area contributed by atoms with Crippen LogP contribution in [0.5, 0.6) is 0 Å². The van der Waals surface area contributed by atoms with E-state index in [1.54, 1.807) is 7.05 Å². The predicted octanol–water partition coefficient (Wildman–Crippen LogP) is 2.48. The highest BCUT2D eigenvalue weighted by atomic mass is 32.2. The average Bonchev–Trinajstić information content (AvgIpc) is 3.23. The van der Waals surface area contributed by atoms with Gasteiger partial charge in [0.2, 0.25) is 10.0 Å². The van der Waals surface area contributed by atoms with Crippen molar-refractivity contribution < 1.29 is 17.9 Å². The van der Waals surface area contributed by atoms with Crippen molar-refractivity contribution in [2.75, 3.05) is 13.1 Å². The van der Waals surface area contributed by atoms with Crippen molar-refractivity contribution in [1.29, 1.82) is 0 Å². The second kappa shape index (κ2) is 7.01. The Balaban J connectivity index is 1.74. The lowest BCUT2D eigenvalue weighted by Gasteiger charge is -2.13. The first kappa shape index (κ1) is 17.7. The van der Waals surface area contributed by atoms with E-state index in [1.807, 2.05) is 31.2 Å². The maximum absolute atomic E-state index is 12.6. The van der Waals surface area contributed by atoms with Crippen LogP contribution in [0, 0.1) is 6.92 Å². The zero-order valence-electron chi connectivity index (χ0n) is 14.4. The second-order valence-corrected chi connectivity index (χ2v) is 8.29. The normalized spacial score (nSPS) is 15.4. The van der Waals surface area contributed by atoms with Gasteiger partial charge in [0.05, 0.1) is 0 Å². The Bertz CT molecular complexity index is 880. The number of carbonyl (C=O) groups excluding carboxylic acids is 1. The van der Waals surface area contributed by atoms with Crippen molar-refractivity contribution >= 4 is 16.0 Å². The molecule has 1 aliphatic rings. The van der Waals surface area contributed by atoms with E-state index in [0.717, 1.165) is 24.0 Å². The number of sulfonamides is 1. The molecule has 1 aliphatic heterocycles. The lowest BCUT2D eigenvalue weighted by atomic mass is 10.1. The van der Waals surface area contributed by atoms with Gasteiger partial charge in [-0.1, -0.05) is 29.8 Å². The van der Waals surface area contributed by atoms with Crippen molar-refractivity contribution in [2.24, 2.45) is 7.05 Å². The summed E-state index contributed by atoms with van der Waals surface area (Å²) in [7, 11) is -1.90. The van der Waals surface area contributed by atoms with Gasteiger partial charge in [-0.15, -0.1) is 0 Å². The van der Waals surface area contributed by atoms with Gasteiger partial charge in [-0.3, -0.25) is 0 Å². The van der Waals surface area contributed by atoms with Gasteiger partial charge in [0, 0.05) is 26.3 Å². The van der Waals surface area contributed by atoms with Gasteiger partial charge in [-0.05, 0) is 31.4 Å². The van der Waals surface area contributed by atoms with E-state index in [4.69, 9.17) is 4.74 Å².